The van der Waals surface area contributed by atoms with Crippen molar-refractivity contribution in [2.45, 2.75) is 38.5 Å². The monoisotopic (exact) mass is 829 g/mol. The number of amides is 4. The number of carbonyl (C=O) groups is 4. The first kappa shape index (κ1) is 39.5. The Bertz CT molecular complexity index is 2610. The van der Waals surface area contributed by atoms with Crippen LogP contribution >= 0.6 is 0 Å². The molecular formula is C40H38F3N9O6S. The summed E-state index contributed by atoms with van der Waals surface area (Å²) in [6.45, 7) is 4.11. The van der Waals surface area contributed by atoms with Crippen LogP contribution in [0.2, 0.25) is 0 Å². The van der Waals surface area contributed by atoms with Crippen LogP contribution in [0.1, 0.15) is 41.3 Å². The van der Waals surface area contributed by atoms with Crippen molar-refractivity contribution in [3.63, 3.8) is 0 Å². The van der Waals surface area contributed by atoms with E-state index in [9.17, 15) is 40.8 Å². The van der Waals surface area contributed by atoms with E-state index in [1.165, 1.54) is 24.1 Å². The molecule has 0 aliphatic carbocycles. The van der Waals surface area contributed by atoms with Gasteiger partial charge in [0.15, 0.2) is 0 Å². The van der Waals surface area contributed by atoms with Gasteiger partial charge in [0, 0.05) is 90.7 Å². The second kappa shape index (κ2) is 15.4. The molecule has 8 rings (SSSR count). The highest BCUT2D eigenvalue weighted by molar-refractivity contribution is 7.90. The molecule has 2 aromatic heterocycles. The summed E-state index contributed by atoms with van der Waals surface area (Å²) < 4.78 is 69.5. The Kier molecular flexibility index (Phi) is 10.3. The molecule has 306 valence electrons. The van der Waals surface area contributed by atoms with Gasteiger partial charge in [-0.05, 0) is 55.8 Å². The summed E-state index contributed by atoms with van der Waals surface area (Å²) in [6.07, 6.45) is -2.58. The Labute approximate surface area is 336 Å². The fraction of sp³-hybridized carbons (Fsp3) is 0.300. The number of nitrogens with one attached hydrogen (secondary N) is 3. The minimum absolute atomic E-state index is 0.000746. The molecule has 1 atom stereocenters. The molecule has 0 radical (unpaired) electrons. The highest BCUT2D eigenvalue weighted by Crippen LogP contribution is 2.40. The average Bonchev–Trinajstić information content (AvgIpc) is 3.77. The molecule has 2 saturated heterocycles. The van der Waals surface area contributed by atoms with E-state index in [0.717, 1.165) is 9.66 Å². The second-order valence-electron chi connectivity index (χ2n) is 14.4. The van der Waals surface area contributed by atoms with Crippen LogP contribution in [-0.2, 0) is 37.1 Å². The van der Waals surface area contributed by atoms with Crippen molar-refractivity contribution in [3.05, 3.63) is 95.8 Å². The summed E-state index contributed by atoms with van der Waals surface area (Å²) in [5.74, 6) is -1.81. The summed E-state index contributed by atoms with van der Waals surface area (Å²) >= 11 is 0. The van der Waals surface area contributed by atoms with E-state index < -0.39 is 39.4 Å². The number of halogens is 3. The standard InChI is InChI=1S/C40H38F3N9O6S/c1-2-59(57,58)52-22-29(26-6-3-4-9-32(26)52)36-30(40(41,42)43)20-44-39(48-36)45-24-10-12-25(13-11-24)50-18-16-49(17-19-50)23-35(54)46-31-8-5-7-27-28(31)21-51(38(27)56)33-14-15-34(53)47-37(33)55/h3-13,20,22,33H,2,14-19,21,23H2,1H3,(H,46,54)(H,44,45,48)(H,47,53,55). The number of fused-ring (bicyclic) bond motifs is 2. The first-order chi connectivity index (χ1) is 28.2. The van der Waals surface area contributed by atoms with Crippen LogP contribution in [0.3, 0.4) is 0 Å². The van der Waals surface area contributed by atoms with Crippen LogP contribution < -0.4 is 20.9 Å². The van der Waals surface area contributed by atoms with Gasteiger partial charge in [0.2, 0.25) is 33.7 Å². The first-order valence-corrected chi connectivity index (χ1v) is 20.5. The van der Waals surface area contributed by atoms with Gasteiger partial charge >= 0.3 is 6.18 Å². The second-order valence-corrected chi connectivity index (χ2v) is 16.6. The predicted molar refractivity (Wildman–Crippen MR) is 212 cm³/mol. The average molecular weight is 830 g/mol. The smallest absolute Gasteiger partial charge is 0.369 e. The van der Waals surface area contributed by atoms with Crippen molar-refractivity contribution in [2.75, 3.05) is 54.0 Å². The Hall–Kier alpha value is -6.34. The fourth-order valence-electron chi connectivity index (χ4n) is 7.71. The molecule has 3 aliphatic heterocycles. The third kappa shape index (κ3) is 7.82. The number of piperazine rings is 1. The van der Waals surface area contributed by atoms with Gasteiger partial charge in [-0.1, -0.05) is 24.3 Å². The molecule has 4 amide bonds. The summed E-state index contributed by atoms with van der Waals surface area (Å²) in [4.78, 5) is 64.2. The Balaban J connectivity index is 0.897. The van der Waals surface area contributed by atoms with Crippen molar-refractivity contribution in [1.82, 2.24) is 29.1 Å². The van der Waals surface area contributed by atoms with Crippen LogP contribution in [0.25, 0.3) is 22.2 Å². The summed E-state index contributed by atoms with van der Waals surface area (Å²) in [6, 6.07) is 17.8. The number of imide groups is 1. The quantitative estimate of drug-likeness (QED) is 0.168. The van der Waals surface area contributed by atoms with Crippen LogP contribution in [0.5, 0.6) is 0 Å². The van der Waals surface area contributed by atoms with Crippen molar-refractivity contribution >= 4 is 67.6 Å². The molecule has 0 saturated carbocycles. The van der Waals surface area contributed by atoms with E-state index in [2.05, 4.69) is 30.8 Å². The molecule has 3 aromatic carbocycles. The number of hydrogen-bond donors (Lipinski definition) is 3. The van der Waals surface area contributed by atoms with Gasteiger partial charge in [-0.15, -0.1) is 0 Å². The molecule has 1 unspecified atom stereocenters. The van der Waals surface area contributed by atoms with Gasteiger partial charge in [0.25, 0.3) is 5.91 Å². The molecule has 59 heavy (non-hydrogen) atoms. The highest BCUT2D eigenvalue weighted by Gasteiger charge is 2.40. The van der Waals surface area contributed by atoms with E-state index in [1.807, 2.05) is 17.0 Å². The van der Waals surface area contributed by atoms with E-state index in [-0.39, 0.29) is 66.4 Å². The maximum atomic E-state index is 14.3. The highest BCUT2D eigenvalue weighted by atomic mass is 32.2. The summed E-state index contributed by atoms with van der Waals surface area (Å²) in [7, 11) is -3.84. The van der Waals surface area contributed by atoms with Gasteiger partial charge in [0.05, 0.1) is 23.5 Å². The third-order valence-electron chi connectivity index (χ3n) is 10.8. The number of carbonyl (C=O) groups excluding carboxylic acids is 4. The number of anilines is 4. The maximum Gasteiger partial charge on any atom is 0.419 e. The van der Waals surface area contributed by atoms with Crippen molar-refractivity contribution in [3.8, 4) is 11.3 Å². The molecule has 3 N–H and O–H groups in total. The van der Waals surface area contributed by atoms with Crippen molar-refractivity contribution < 1.29 is 40.8 Å². The molecule has 5 heterocycles. The summed E-state index contributed by atoms with van der Waals surface area (Å²) in [5.41, 5.74) is 1.60. The van der Waals surface area contributed by atoms with Gasteiger partial charge in [-0.25, -0.2) is 22.4 Å². The van der Waals surface area contributed by atoms with Crippen LogP contribution in [0, 0.1) is 0 Å². The van der Waals surface area contributed by atoms with Crippen LogP contribution in [-0.4, -0.2) is 100 Å². The van der Waals surface area contributed by atoms with E-state index in [0.29, 0.717) is 60.3 Å². The fourth-order valence-corrected chi connectivity index (χ4v) is 8.71. The number of benzene rings is 3. The van der Waals surface area contributed by atoms with Crippen molar-refractivity contribution in [1.29, 1.82) is 0 Å². The normalized spacial score (nSPS) is 17.6. The SMILES string of the molecule is CCS(=O)(=O)n1cc(-c2nc(Nc3ccc(N4CCN(CC(=O)Nc5cccc6c5CN(C5CCC(=O)NC5=O)C6=O)CC4)cc3)ncc2C(F)(F)F)c2ccccc21. The predicted octanol–water partition coefficient (Wildman–Crippen LogP) is 4.58. The number of hydrogen-bond acceptors (Lipinski definition) is 11. The van der Waals surface area contributed by atoms with E-state index in [4.69, 9.17) is 0 Å². The lowest BCUT2D eigenvalue weighted by Gasteiger charge is -2.35. The minimum atomic E-state index is -4.82. The van der Waals surface area contributed by atoms with Gasteiger partial charge < -0.3 is 20.4 Å². The lowest BCUT2D eigenvalue weighted by Crippen LogP contribution is -2.52. The molecule has 2 fully saturated rings. The minimum Gasteiger partial charge on any atom is -0.369 e. The lowest BCUT2D eigenvalue weighted by atomic mass is 10.0. The topological polar surface area (TPSA) is 179 Å². The Morgan fingerprint density at radius 2 is 1.69 bits per heavy atom. The van der Waals surface area contributed by atoms with Gasteiger partial charge in [-0.3, -0.25) is 29.4 Å². The third-order valence-corrected chi connectivity index (χ3v) is 12.4. The van der Waals surface area contributed by atoms with Crippen LogP contribution in [0.15, 0.2) is 79.1 Å². The largest absolute Gasteiger partial charge is 0.419 e. The zero-order valence-corrected chi connectivity index (χ0v) is 32.4. The number of piperidine rings is 1. The molecule has 5 aromatic rings. The molecular weight excluding hydrogens is 792 g/mol. The maximum absolute atomic E-state index is 14.3. The number of alkyl halides is 3. The number of para-hydroxylation sites is 1. The lowest BCUT2D eigenvalue weighted by molar-refractivity contribution is -0.138. The number of aromatic nitrogens is 3. The van der Waals surface area contributed by atoms with Gasteiger partial charge in [0.1, 0.15) is 11.6 Å². The van der Waals surface area contributed by atoms with E-state index >= 15 is 0 Å². The van der Waals surface area contributed by atoms with E-state index in [1.54, 1.807) is 48.5 Å². The molecule has 15 nitrogen and oxygen atoms in total. The number of rotatable bonds is 10. The Morgan fingerprint density at radius 1 is 0.949 bits per heavy atom. The Morgan fingerprint density at radius 3 is 2.41 bits per heavy atom. The molecule has 19 heteroatoms. The first-order valence-electron chi connectivity index (χ1n) is 18.9. The molecule has 3 aliphatic rings. The van der Waals surface area contributed by atoms with Crippen LogP contribution in [0.4, 0.5) is 36.2 Å². The summed E-state index contributed by atoms with van der Waals surface area (Å²) in [5, 5.41) is 8.49. The molecule has 0 spiro atoms. The molecule has 0 bridgehead atoms. The zero-order chi connectivity index (χ0) is 41.6. The zero-order valence-electron chi connectivity index (χ0n) is 31.6. The van der Waals surface area contributed by atoms with Crippen molar-refractivity contribution in [2.24, 2.45) is 0 Å². The van der Waals surface area contributed by atoms with Gasteiger partial charge in [-0.2, -0.15) is 13.2 Å². The number of nitrogens with zero attached hydrogens (tertiary/aromatic N) is 6.